The normalized spacial score (nSPS) is 35.8. The number of benzene rings is 1. The van der Waals surface area contributed by atoms with Crippen molar-refractivity contribution in [3.05, 3.63) is 51.2 Å². The minimum Gasteiger partial charge on any atom is -0.461 e. The molecule has 0 aromatic heterocycles. The van der Waals surface area contributed by atoms with Crippen LogP contribution in [0.3, 0.4) is 0 Å². The Labute approximate surface area is 163 Å². The molecule has 3 aliphatic heterocycles. The van der Waals surface area contributed by atoms with Gasteiger partial charge in [-0.3, -0.25) is 4.79 Å². The van der Waals surface area contributed by atoms with Crippen LogP contribution >= 0.6 is 0 Å². The number of ether oxygens (including phenoxy) is 2. The predicted molar refractivity (Wildman–Crippen MR) is 98.7 cm³/mol. The van der Waals surface area contributed by atoms with Gasteiger partial charge in [0.1, 0.15) is 36.3 Å². The Morgan fingerprint density at radius 3 is 2.29 bits per heavy atom. The average Bonchev–Trinajstić information content (AvgIpc) is 3.41. The highest BCUT2D eigenvalue weighted by atomic mass is 16.9. The largest absolute Gasteiger partial charge is 0.461 e. The predicted octanol–water partition coefficient (Wildman–Crippen LogP) is 1.21. The van der Waals surface area contributed by atoms with E-state index in [2.05, 4.69) is 14.0 Å². The Bertz CT molecular complexity index is 691. The van der Waals surface area contributed by atoms with Crippen molar-refractivity contribution >= 4 is 5.97 Å². The monoisotopic (exact) mass is 394 g/mol. The summed E-state index contributed by atoms with van der Waals surface area (Å²) in [6.07, 6.45) is 2.37. The van der Waals surface area contributed by atoms with E-state index in [1.165, 1.54) is 0 Å². The van der Waals surface area contributed by atoms with Gasteiger partial charge in [0.15, 0.2) is 0 Å². The molecule has 2 bridgehead atoms. The average molecular weight is 394 g/mol. The molecule has 1 aromatic carbocycles. The molecule has 1 N–H and O–H groups in total. The van der Waals surface area contributed by atoms with Gasteiger partial charge in [-0.25, -0.2) is 0 Å². The molecule has 9 nitrogen and oxygen atoms in total. The van der Waals surface area contributed by atoms with Gasteiger partial charge in [0.05, 0.1) is 25.3 Å². The SMILES string of the molecule is CC[N+]1(C)[C@H]2CC(OC(=O)C(CO)c3ccccc3)C[C@H]1[C@H]1O[C@H]12.O=[N+]([O-])[O-]. The summed E-state index contributed by atoms with van der Waals surface area (Å²) in [5.41, 5.74) is 0.809. The van der Waals surface area contributed by atoms with Gasteiger partial charge in [0.2, 0.25) is 0 Å². The Morgan fingerprint density at radius 2 is 1.82 bits per heavy atom. The first-order chi connectivity index (χ1) is 13.3. The lowest BCUT2D eigenvalue weighted by molar-refractivity contribution is -0.954. The molecule has 3 unspecified atom stereocenters. The number of esters is 1. The number of hydrogen-bond donors (Lipinski definition) is 1. The van der Waals surface area contributed by atoms with E-state index in [9.17, 15) is 9.90 Å². The first-order valence-electron chi connectivity index (χ1n) is 9.50. The van der Waals surface area contributed by atoms with E-state index in [-0.39, 0.29) is 18.7 Å². The fraction of sp³-hybridized carbons (Fsp3) is 0.632. The third kappa shape index (κ3) is 3.82. The molecule has 4 rings (SSSR count). The van der Waals surface area contributed by atoms with E-state index in [4.69, 9.17) is 24.8 Å². The van der Waals surface area contributed by atoms with Crippen LogP contribution in [-0.2, 0) is 14.3 Å². The number of nitrogens with zero attached hydrogens (tertiary/aromatic N) is 2. The number of hydrogen-bond acceptors (Lipinski definition) is 7. The maximum Gasteiger partial charge on any atom is 0.316 e. The van der Waals surface area contributed by atoms with Crippen molar-refractivity contribution < 1.29 is 28.9 Å². The number of rotatable bonds is 5. The van der Waals surface area contributed by atoms with Crippen LogP contribution < -0.4 is 0 Å². The number of epoxide rings is 1. The molecule has 9 heteroatoms. The van der Waals surface area contributed by atoms with E-state index >= 15 is 0 Å². The van der Waals surface area contributed by atoms with Crippen molar-refractivity contribution in [2.45, 2.75) is 56.1 Å². The summed E-state index contributed by atoms with van der Waals surface area (Å²) < 4.78 is 12.7. The molecule has 3 fully saturated rings. The topological polar surface area (TPSA) is 125 Å². The molecule has 154 valence electrons. The minimum atomic E-state index is -1.75. The maximum absolute atomic E-state index is 12.6. The number of piperidine rings is 1. The summed E-state index contributed by atoms with van der Waals surface area (Å²) in [6.45, 7) is 3.10. The molecule has 28 heavy (non-hydrogen) atoms. The standard InChI is InChI=1S/C19H26NO4.NO3/c1-3-20(2)15-9-13(10-16(20)18-17(15)24-18)23-19(22)14(11-21)12-7-5-4-6-8-12;2-1(3)4/h4-8,13-18,21H,3,9-11H2,1-2H3;/q+1;-1/t13?,14?,15-,16-,17-,18+,20?;/m0./s1. The van der Waals surface area contributed by atoms with E-state index in [1.54, 1.807) is 0 Å². The summed E-state index contributed by atoms with van der Waals surface area (Å²) >= 11 is 0. The second-order valence-corrected chi connectivity index (χ2v) is 7.76. The molecular weight excluding hydrogens is 368 g/mol. The smallest absolute Gasteiger partial charge is 0.316 e. The van der Waals surface area contributed by atoms with E-state index < -0.39 is 11.0 Å². The molecule has 0 amide bonds. The quantitative estimate of drug-likeness (QED) is 0.262. The van der Waals surface area contributed by atoms with Gasteiger partial charge in [-0.05, 0) is 12.5 Å². The Morgan fingerprint density at radius 1 is 1.29 bits per heavy atom. The van der Waals surface area contributed by atoms with Crippen molar-refractivity contribution in [3.8, 4) is 0 Å². The third-order valence-electron chi connectivity index (χ3n) is 6.48. The number of morpholine rings is 1. The lowest BCUT2D eigenvalue weighted by Gasteiger charge is -2.47. The molecule has 3 heterocycles. The lowest BCUT2D eigenvalue weighted by Crippen LogP contribution is -2.62. The molecule has 0 saturated carbocycles. The number of aliphatic hydroxyl groups is 1. The minimum absolute atomic E-state index is 0.0561. The number of likely N-dealkylation sites (N-methyl/N-ethyl adjacent to an activating group) is 1. The van der Waals surface area contributed by atoms with Crippen molar-refractivity contribution in [1.82, 2.24) is 0 Å². The van der Waals surface area contributed by atoms with Crippen molar-refractivity contribution in [2.75, 3.05) is 20.2 Å². The Hall–Kier alpha value is -2.23. The second kappa shape index (κ2) is 8.02. The highest BCUT2D eigenvalue weighted by Gasteiger charge is 2.71. The molecule has 0 spiro atoms. The van der Waals surface area contributed by atoms with Gasteiger partial charge >= 0.3 is 5.97 Å². The molecule has 1 aromatic rings. The maximum atomic E-state index is 12.6. The van der Waals surface area contributed by atoms with Gasteiger partial charge in [0, 0.05) is 12.8 Å². The first kappa shape index (κ1) is 20.5. The molecule has 7 atom stereocenters. The zero-order valence-corrected chi connectivity index (χ0v) is 16.0. The lowest BCUT2D eigenvalue weighted by atomic mass is 9.95. The highest BCUT2D eigenvalue weighted by molar-refractivity contribution is 5.78. The first-order valence-corrected chi connectivity index (χ1v) is 9.50. The Balaban J connectivity index is 0.000000516. The molecule has 0 aliphatic carbocycles. The van der Waals surface area contributed by atoms with Gasteiger partial charge < -0.3 is 34.4 Å². The van der Waals surface area contributed by atoms with Crippen LogP contribution in [0.5, 0.6) is 0 Å². The van der Waals surface area contributed by atoms with E-state index in [1.807, 2.05) is 30.3 Å². The van der Waals surface area contributed by atoms with E-state index in [0.717, 1.165) is 29.4 Å². The number of carbonyl (C=O) groups excluding carboxylic acids is 1. The van der Waals surface area contributed by atoms with Crippen LogP contribution in [0.1, 0.15) is 31.2 Å². The molecule has 3 saturated heterocycles. The van der Waals surface area contributed by atoms with Crippen molar-refractivity contribution in [1.29, 1.82) is 0 Å². The van der Waals surface area contributed by atoms with Crippen LogP contribution in [0.2, 0.25) is 0 Å². The number of quaternary nitrogens is 1. The zero-order chi connectivity index (χ0) is 20.5. The Kier molecular flexibility index (Phi) is 5.87. The molecule has 3 aliphatic rings. The van der Waals surface area contributed by atoms with Crippen molar-refractivity contribution in [3.63, 3.8) is 0 Å². The van der Waals surface area contributed by atoms with Crippen LogP contribution in [0.25, 0.3) is 0 Å². The van der Waals surface area contributed by atoms with Gasteiger partial charge in [-0.1, -0.05) is 30.3 Å². The number of fused-ring (bicyclic) bond motifs is 5. The molecule has 0 radical (unpaired) electrons. The summed E-state index contributed by atoms with van der Waals surface area (Å²) in [5.74, 6) is -0.904. The van der Waals surface area contributed by atoms with Gasteiger partial charge in [0.25, 0.3) is 0 Å². The summed E-state index contributed by atoms with van der Waals surface area (Å²) in [4.78, 5) is 20.8. The summed E-state index contributed by atoms with van der Waals surface area (Å²) in [6, 6.07) is 10.2. The fourth-order valence-electron chi connectivity index (χ4n) is 4.87. The van der Waals surface area contributed by atoms with E-state index in [0.29, 0.717) is 24.3 Å². The third-order valence-corrected chi connectivity index (χ3v) is 6.48. The zero-order valence-electron chi connectivity index (χ0n) is 16.0. The summed E-state index contributed by atoms with van der Waals surface area (Å²) in [7, 11) is 2.31. The van der Waals surface area contributed by atoms with Crippen LogP contribution in [0.4, 0.5) is 0 Å². The van der Waals surface area contributed by atoms with Gasteiger partial charge in [-0.2, -0.15) is 0 Å². The van der Waals surface area contributed by atoms with Crippen LogP contribution in [-0.4, -0.2) is 71.2 Å². The molecular formula is C19H26N2O7. The van der Waals surface area contributed by atoms with Crippen molar-refractivity contribution in [2.24, 2.45) is 0 Å². The van der Waals surface area contributed by atoms with Crippen LogP contribution in [0.15, 0.2) is 30.3 Å². The highest BCUT2D eigenvalue weighted by Crippen LogP contribution is 2.52. The second-order valence-electron chi connectivity index (χ2n) is 7.76. The number of aliphatic hydroxyl groups excluding tert-OH is 1. The fourth-order valence-corrected chi connectivity index (χ4v) is 4.87. The van der Waals surface area contributed by atoms with Gasteiger partial charge in [-0.15, -0.1) is 0 Å². The summed E-state index contributed by atoms with van der Waals surface area (Å²) in [5, 5.41) is 24.4. The van der Waals surface area contributed by atoms with Crippen LogP contribution in [0, 0.1) is 15.3 Å². The number of carbonyl (C=O) groups is 1.